The van der Waals surface area contributed by atoms with Crippen molar-refractivity contribution in [2.75, 3.05) is 31.3 Å². The Morgan fingerprint density at radius 2 is 1.76 bits per heavy atom. The molecule has 0 aliphatic carbocycles. The fraction of sp³-hybridized carbons (Fsp3) is 0.185. The lowest BCUT2D eigenvalue weighted by molar-refractivity contribution is 0.0600. The first-order chi connectivity index (χ1) is 17.6. The molecular weight excluding hydrogens is 499 g/mol. The third-order valence-corrected chi connectivity index (χ3v) is 7.17. The number of anilines is 1. The van der Waals surface area contributed by atoms with E-state index in [0.29, 0.717) is 27.8 Å². The minimum atomic E-state index is -3.70. The van der Waals surface area contributed by atoms with E-state index in [4.69, 9.17) is 9.15 Å². The molecule has 0 bridgehead atoms. The van der Waals surface area contributed by atoms with E-state index in [2.05, 4.69) is 5.32 Å². The van der Waals surface area contributed by atoms with Crippen LogP contribution in [0.1, 0.15) is 27.6 Å². The number of nitrogens with zero attached hydrogens (tertiary/aromatic N) is 1. The van der Waals surface area contributed by atoms with Gasteiger partial charge in [0.25, 0.3) is 5.91 Å². The zero-order valence-electron chi connectivity index (χ0n) is 20.7. The molecule has 4 rings (SSSR count). The highest BCUT2D eigenvalue weighted by atomic mass is 32.2. The number of esters is 1. The highest BCUT2D eigenvalue weighted by Gasteiger charge is 2.27. The minimum absolute atomic E-state index is 0.127. The van der Waals surface area contributed by atoms with Crippen molar-refractivity contribution in [3.63, 3.8) is 0 Å². The maximum absolute atomic E-state index is 13.6. The van der Waals surface area contributed by atoms with Crippen LogP contribution in [0.15, 0.2) is 65.1 Å². The fourth-order valence-electron chi connectivity index (χ4n) is 4.24. The summed E-state index contributed by atoms with van der Waals surface area (Å²) >= 11 is 0. The van der Waals surface area contributed by atoms with Gasteiger partial charge in [-0.05, 0) is 55.0 Å². The highest BCUT2D eigenvalue weighted by molar-refractivity contribution is 7.92. The molecule has 0 aliphatic heterocycles. The molecule has 1 amide bonds. The van der Waals surface area contributed by atoms with Crippen molar-refractivity contribution in [2.45, 2.75) is 6.92 Å². The molecule has 10 heteroatoms. The molecule has 0 radical (unpaired) electrons. The molecule has 0 aliphatic rings. The minimum Gasteiger partial charge on any atom is -0.465 e. The molecule has 37 heavy (non-hydrogen) atoms. The van der Waals surface area contributed by atoms with Crippen molar-refractivity contribution in [1.29, 1.82) is 0 Å². The van der Waals surface area contributed by atoms with Crippen LogP contribution in [0.3, 0.4) is 0 Å². The number of halogens is 1. The van der Waals surface area contributed by atoms with Gasteiger partial charge in [-0.25, -0.2) is 17.6 Å². The van der Waals surface area contributed by atoms with Crippen LogP contribution in [-0.2, 0) is 14.8 Å². The van der Waals surface area contributed by atoms with Gasteiger partial charge >= 0.3 is 5.97 Å². The number of benzene rings is 3. The second-order valence-electron chi connectivity index (χ2n) is 8.26. The summed E-state index contributed by atoms with van der Waals surface area (Å²) in [7, 11) is -0.950. The maximum Gasteiger partial charge on any atom is 0.337 e. The number of ether oxygens (including phenoxy) is 1. The SMILES string of the molecule is CCN(c1cc2oc(-c3ccc(F)cc3)c(C(=O)NC)c2cc1-c1cccc(C(=O)OC)c1)S(C)(=O)=O. The van der Waals surface area contributed by atoms with Gasteiger partial charge in [0.15, 0.2) is 0 Å². The molecule has 1 heterocycles. The van der Waals surface area contributed by atoms with Crippen molar-refractivity contribution < 1.29 is 31.6 Å². The Morgan fingerprint density at radius 1 is 1.05 bits per heavy atom. The van der Waals surface area contributed by atoms with Gasteiger partial charge in [0.05, 0.1) is 30.2 Å². The number of rotatable bonds is 7. The lowest BCUT2D eigenvalue weighted by Gasteiger charge is -2.24. The van der Waals surface area contributed by atoms with Gasteiger partial charge in [-0.2, -0.15) is 0 Å². The van der Waals surface area contributed by atoms with Gasteiger partial charge in [-0.3, -0.25) is 9.10 Å². The number of hydrogen-bond donors (Lipinski definition) is 1. The molecule has 8 nitrogen and oxygen atoms in total. The van der Waals surface area contributed by atoms with Crippen molar-refractivity contribution in [2.24, 2.45) is 0 Å². The Kier molecular flexibility index (Phi) is 7.04. The number of amides is 1. The van der Waals surface area contributed by atoms with E-state index in [1.165, 1.54) is 42.7 Å². The maximum atomic E-state index is 13.6. The first-order valence-corrected chi connectivity index (χ1v) is 13.2. The van der Waals surface area contributed by atoms with Gasteiger partial charge in [-0.15, -0.1) is 0 Å². The van der Waals surface area contributed by atoms with Gasteiger partial charge in [0.1, 0.15) is 17.2 Å². The Morgan fingerprint density at radius 3 is 2.35 bits per heavy atom. The largest absolute Gasteiger partial charge is 0.465 e. The van der Waals surface area contributed by atoms with Crippen LogP contribution in [0.2, 0.25) is 0 Å². The normalized spacial score (nSPS) is 11.4. The molecule has 0 unspecified atom stereocenters. The number of sulfonamides is 1. The van der Waals surface area contributed by atoms with E-state index in [1.807, 2.05) is 0 Å². The van der Waals surface area contributed by atoms with Crippen molar-refractivity contribution >= 4 is 38.6 Å². The Hall–Kier alpha value is -4.18. The van der Waals surface area contributed by atoms with Crippen LogP contribution >= 0.6 is 0 Å². The van der Waals surface area contributed by atoms with Crippen molar-refractivity contribution in [3.8, 4) is 22.5 Å². The number of methoxy groups -OCH3 is 1. The summed E-state index contributed by atoms with van der Waals surface area (Å²) in [5.74, 6) is -1.21. The first-order valence-electron chi connectivity index (χ1n) is 11.3. The second-order valence-corrected chi connectivity index (χ2v) is 10.2. The van der Waals surface area contributed by atoms with E-state index >= 15 is 0 Å². The zero-order valence-corrected chi connectivity index (χ0v) is 21.5. The van der Waals surface area contributed by atoms with E-state index in [1.54, 1.807) is 43.3 Å². The van der Waals surface area contributed by atoms with Crippen LogP contribution in [0.25, 0.3) is 33.4 Å². The molecule has 4 aromatic rings. The third-order valence-electron chi connectivity index (χ3n) is 5.92. The fourth-order valence-corrected chi connectivity index (χ4v) is 5.22. The van der Waals surface area contributed by atoms with Crippen LogP contribution in [-0.4, -0.2) is 47.3 Å². The lowest BCUT2D eigenvalue weighted by Crippen LogP contribution is -2.30. The molecule has 0 spiro atoms. The summed E-state index contributed by atoms with van der Waals surface area (Å²) in [4.78, 5) is 25.2. The topological polar surface area (TPSA) is 106 Å². The molecule has 0 atom stereocenters. The molecule has 0 saturated carbocycles. The number of carbonyl (C=O) groups is 2. The molecular formula is C27H25FN2O6S. The number of carbonyl (C=O) groups excluding carboxylic acids is 2. The summed E-state index contributed by atoms with van der Waals surface area (Å²) in [5, 5.41) is 3.03. The summed E-state index contributed by atoms with van der Waals surface area (Å²) in [6.07, 6.45) is 1.09. The molecule has 192 valence electrons. The van der Waals surface area contributed by atoms with Crippen LogP contribution in [0, 0.1) is 5.82 Å². The first kappa shape index (κ1) is 25.9. The third kappa shape index (κ3) is 4.92. The predicted octanol–water partition coefficient (Wildman–Crippen LogP) is 4.84. The summed E-state index contributed by atoms with van der Waals surface area (Å²) in [5.41, 5.74) is 2.53. The quantitative estimate of drug-likeness (QED) is 0.347. The summed E-state index contributed by atoms with van der Waals surface area (Å²) in [6.45, 7) is 1.82. The number of hydrogen-bond acceptors (Lipinski definition) is 6. The summed E-state index contributed by atoms with van der Waals surface area (Å²) in [6, 6.07) is 15.3. The number of nitrogens with one attached hydrogen (secondary N) is 1. The number of furan rings is 1. The molecule has 1 aromatic heterocycles. The van der Waals surface area contributed by atoms with Crippen LogP contribution in [0.5, 0.6) is 0 Å². The van der Waals surface area contributed by atoms with Crippen LogP contribution < -0.4 is 9.62 Å². The molecule has 3 aromatic carbocycles. The molecule has 1 N–H and O–H groups in total. The van der Waals surface area contributed by atoms with E-state index < -0.39 is 27.7 Å². The number of fused-ring (bicyclic) bond motifs is 1. The average Bonchev–Trinajstić information content (AvgIpc) is 3.25. The van der Waals surface area contributed by atoms with Gasteiger partial charge in [0.2, 0.25) is 10.0 Å². The molecule has 0 saturated heterocycles. The predicted molar refractivity (Wildman–Crippen MR) is 140 cm³/mol. The van der Waals surface area contributed by atoms with E-state index in [-0.39, 0.29) is 29.0 Å². The molecule has 0 fully saturated rings. The van der Waals surface area contributed by atoms with Crippen LogP contribution in [0.4, 0.5) is 10.1 Å². The monoisotopic (exact) mass is 524 g/mol. The van der Waals surface area contributed by atoms with E-state index in [9.17, 15) is 22.4 Å². The Balaban J connectivity index is 2.09. The van der Waals surface area contributed by atoms with Gasteiger partial charge in [-0.1, -0.05) is 12.1 Å². The average molecular weight is 525 g/mol. The summed E-state index contributed by atoms with van der Waals surface area (Å²) < 4.78 is 51.1. The van der Waals surface area contributed by atoms with Crippen molar-refractivity contribution in [3.05, 3.63) is 77.6 Å². The van der Waals surface area contributed by atoms with E-state index in [0.717, 1.165) is 6.26 Å². The second kappa shape index (κ2) is 10.1. The zero-order chi connectivity index (χ0) is 26.9. The standard InChI is InChI=1S/C27H25FN2O6S/c1-5-30(37(4,33)34)22-15-23-21(14-20(22)17-7-6-8-18(13-17)27(32)35-3)24(26(31)29-2)25(36-23)16-9-11-19(28)12-10-16/h6-15H,5H2,1-4H3,(H,29,31). The Bertz CT molecular complexity index is 1610. The highest BCUT2D eigenvalue weighted by Crippen LogP contribution is 2.41. The smallest absolute Gasteiger partial charge is 0.337 e. The van der Waals surface area contributed by atoms with Gasteiger partial charge < -0.3 is 14.5 Å². The van der Waals surface area contributed by atoms with Gasteiger partial charge in [0, 0.05) is 36.2 Å². The Labute approximate surface area is 213 Å². The van der Waals surface area contributed by atoms with Crippen molar-refractivity contribution in [1.82, 2.24) is 5.32 Å². The lowest BCUT2D eigenvalue weighted by atomic mass is 9.97.